The Morgan fingerprint density at radius 1 is 1.21 bits per heavy atom. The van der Waals surface area contributed by atoms with E-state index in [0.717, 1.165) is 0 Å². The molecule has 0 bridgehead atoms. The highest BCUT2D eigenvalue weighted by Crippen LogP contribution is 2.13. The average Bonchev–Trinajstić information content (AvgIpc) is 2.40. The van der Waals surface area contributed by atoms with Gasteiger partial charge in [-0.2, -0.15) is 12.7 Å². The lowest BCUT2D eigenvalue weighted by atomic mass is 10.2. The van der Waals surface area contributed by atoms with Gasteiger partial charge in [-0.05, 0) is 24.3 Å². The van der Waals surface area contributed by atoms with Crippen LogP contribution in [0.5, 0.6) is 0 Å². The number of rotatable bonds is 4. The summed E-state index contributed by atoms with van der Waals surface area (Å²) in [6.07, 6.45) is 0. The molecule has 1 amide bonds. The minimum atomic E-state index is -3.54. The molecule has 1 aliphatic heterocycles. The fourth-order valence-electron chi connectivity index (χ4n) is 1.80. The summed E-state index contributed by atoms with van der Waals surface area (Å²) >= 11 is 0. The van der Waals surface area contributed by atoms with E-state index in [1.165, 1.54) is 28.6 Å². The van der Waals surface area contributed by atoms with Gasteiger partial charge in [-0.25, -0.2) is 0 Å². The summed E-state index contributed by atoms with van der Waals surface area (Å²) in [6.45, 7) is 2.16. The van der Waals surface area contributed by atoms with Crippen molar-refractivity contribution in [2.24, 2.45) is 5.73 Å². The number of nitrogens with zero attached hydrogens (tertiary/aromatic N) is 1. The third kappa shape index (κ3) is 3.43. The average molecular weight is 284 g/mol. The summed E-state index contributed by atoms with van der Waals surface area (Å²) < 4.78 is 28.0. The SMILES string of the molecule is NC(=O)c1ccc(NS(=O)(=O)N2CCNCC2)cc1. The maximum Gasteiger partial charge on any atom is 0.301 e. The van der Waals surface area contributed by atoms with Crippen LogP contribution >= 0.6 is 0 Å². The first kappa shape index (κ1) is 13.8. The Balaban J connectivity index is 2.09. The van der Waals surface area contributed by atoms with E-state index < -0.39 is 16.1 Å². The van der Waals surface area contributed by atoms with Crippen molar-refractivity contribution in [3.05, 3.63) is 29.8 Å². The van der Waals surface area contributed by atoms with E-state index in [9.17, 15) is 13.2 Å². The number of hydrogen-bond donors (Lipinski definition) is 3. The van der Waals surface area contributed by atoms with E-state index in [4.69, 9.17) is 5.73 Å². The normalized spacial score (nSPS) is 17.1. The summed E-state index contributed by atoms with van der Waals surface area (Å²) in [5.74, 6) is -0.545. The molecule has 0 spiro atoms. The number of primary amides is 1. The number of amides is 1. The molecule has 1 aromatic rings. The van der Waals surface area contributed by atoms with Crippen LogP contribution in [0.3, 0.4) is 0 Å². The van der Waals surface area contributed by atoms with Crippen LogP contribution in [-0.2, 0) is 10.2 Å². The van der Waals surface area contributed by atoms with Gasteiger partial charge in [-0.15, -0.1) is 0 Å². The number of nitrogens with two attached hydrogens (primary N) is 1. The number of nitrogens with one attached hydrogen (secondary N) is 2. The minimum absolute atomic E-state index is 0.338. The molecule has 7 nitrogen and oxygen atoms in total. The molecule has 0 radical (unpaired) electrons. The first-order valence-corrected chi connectivity index (χ1v) is 7.31. The van der Waals surface area contributed by atoms with Crippen molar-refractivity contribution in [1.82, 2.24) is 9.62 Å². The highest BCUT2D eigenvalue weighted by Gasteiger charge is 2.23. The summed E-state index contributed by atoms with van der Waals surface area (Å²) in [5, 5.41) is 3.09. The van der Waals surface area contributed by atoms with Gasteiger partial charge in [0.25, 0.3) is 0 Å². The molecule has 1 saturated heterocycles. The number of piperazine rings is 1. The Bertz CT molecular complexity index is 550. The molecule has 1 fully saturated rings. The number of benzene rings is 1. The van der Waals surface area contributed by atoms with Crippen molar-refractivity contribution in [2.45, 2.75) is 0 Å². The first-order chi connectivity index (χ1) is 8.99. The van der Waals surface area contributed by atoms with Gasteiger partial charge in [-0.3, -0.25) is 9.52 Å². The fraction of sp³-hybridized carbons (Fsp3) is 0.364. The zero-order valence-corrected chi connectivity index (χ0v) is 11.1. The molecule has 4 N–H and O–H groups in total. The molecular formula is C11H16N4O3S. The van der Waals surface area contributed by atoms with Crippen LogP contribution in [0.1, 0.15) is 10.4 Å². The molecule has 1 aliphatic rings. The van der Waals surface area contributed by atoms with Crippen LogP contribution in [0.15, 0.2) is 24.3 Å². The fourth-order valence-corrected chi connectivity index (χ4v) is 3.03. The largest absolute Gasteiger partial charge is 0.366 e. The number of hydrogen-bond acceptors (Lipinski definition) is 4. The Morgan fingerprint density at radius 3 is 2.32 bits per heavy atom. The lowest BCUT2D eigenvalue weighted by molar-refractivity contribution is 0.100. The van der Waals surface area contributed by atoms with Crippen molar-refractivity contribution in [1.29, 1.82) is 0 Å². The summed E-state index contributed by atoms with van der Waals surface area (Å²) in [4.78, 5) is 10.9. The number of anilines is 1. The van der Waals surface area contributed by atoms with Gasteiger partial charge < -0.3 is 11.1 Å². The molecule has 0 atom stereocenters. The van der Waals surface area contributed by atoms with Crippen molar-refractivity contribution < 1.29 is 13.2 Å². The minimum Gasteiger partial charge on any atom is -0.366 e. The van der Waals surface area contributed by atoms with Crippen LogP contribution in [-0.4, -0.2) is 44.8 Å². The molecule has 0 saturated carbocycles. The van der Waals surface area contributed by atoms with E-state index in [2.05, 4.69) is 10.0 Å². The standard InChI is InChI=1S/C11H16N4O3S/c12-11(16)9-1-3-10(4-2-9)14-19(17,18)15-7-5-13-6-8-15/h1-4,13-14H,5-8H2,(H2,12,16). The summed E-state index contributed by atoms with van der Waals surface area (Å²) in [7, 11) is -3.54. The lowest BCUT2D eigenvalue weighted by Gasteiger charge is -2.26. The monoisotopic (exact) mass is 284 g/mol. The van der Waals surface area contributed by atoms with Crippen LogP contribution in [0.4, 0.5) is 5.69 Å². The van der Waals surface area contributed by atoms with Crippen molar-refractivity contribution in [3.63, 3.8) is 0 Å². The zero-order valence-electron chi connectivity index (χ0n) is 10.3. The van der Waals surface area contributed by atoms with Crippen LogP contribution < -0.4 is 15.8 Å². The van der Waals surface area contributed by atoms with E-state index in [-0.39, 0.29) is 0 Å². The highest BCUT2D eigenvalue weighted by molar-refractivity contribution is 7.90. The molecule has 2 rings (SSSR count). The molecule has 0 aromatic heterocycles. The van der Waals surface area contributed by atoms with E-state index in [1.54, 1.807) is 0 Å². The second-order valence-electron chi connectivity index (χ2n) is 4.20. The topological polar surface area (TPSA) is 105 Å². The predicted octanol–water partition coefficient (Wildman–Crippen LogP) is -0.653. The molecule has 1 aromatic carbocycles. The van der Waals surface area contributed by atoms with Crippen molar-refractivity contribution in [3.8, 4) is 0 Å². The van der Waals surface area contributed by atoms with E-state index in [1.807, 2.05) is 0 Å². The number of carbonyl (C=O) groups is 1. The Hall–Kier alpha value is -1.64. The van der Waals surface area contributed by atoms with E-state index in [0.29, 0.717) is 37.4 Å². The Labute approximate surface area is 112 Å². The molecular weight excluding hydrogens is 268 g/mol. The molecule has 104 valence electrons. The summed E-state index contributed by atoms with van der Waals surface area (Å²) in [6, 6.07) is 6.00. The molecule has 19 heavy (non-hydrogen) atoms. The summed E-state index contributed by atoms with van der Waals surface area (Å²) in [5.41, 5.74) is 5.86. The van der Waals surface area contributed by atoms with Gasteiger partial charge in [0, 0.05) is 37.4 Å². The molecule has 0 aliphatic carbocycles. The molecule has 0 unspecified atom stereocenters. The van der Waals surface area contributed by atoms with Gasteiger partial charge >= 0.3 is 10.2 Å². The van der Waals surface area contributed by atoms with Crippen molar-refractivity contribution >= 4 is 21.8 Å². The predicted molar refractivity (Wildman–Crippen MR) is 71.9 cm³/mol. The molecule has 8 heteroatoms. The first-order valence-electron chi connectivity index (χ1n) is 5.87. The third-order valence-corrected chi connectivity index (χ3v) is 4.37. The van der Waals surface area contributed by atoms with Gasteiger partial charge in [0.05, 0.1) is 0 Å². The highest BCUT2D eigenvalue weighted by atomic mass is 32.2. The second-order valence-corrected chi connectivity index (χ2v) is 5.87. The van der Waals surface area contributed by atoms with Gasteiger partial charge in [0.1, 0.15) is 0 Å². The van der Waals surface area contributed by atoms with Crippen LogP contribution in [0.2, 0.25) is 0 Å². The zero-order chi connectivity index (χ0) is 13.9. The van der Waals surface area contributed by atoms with Gasteiger partial charge in [-0.1, -0.05) is 0 Å². The van der Waals surface area contributed by atoms with E-state index >= 15 is 0 Å². The molecule has 1 heterocycles. The maximum absolute atomic E-state index is 12.1. The Morgan fingerprint density at radius 2 is 1.79 bits per heavy atom. The third-order valence-electron chi connectivity index (χ3n) is 2.83. The quantitative estimate of drug-likeness (QED) is 0.683. The number of carbonyl (C=O) groups excluding carboxylic acids is 1. The van der Waals surface area contributed by atoms with Crippen LogP contribution in [0.25, 0.3) is 0 Å². The smallest absolute Gasteiger partial charge is 0.301 e. The maximum atomic E-state index is 12.1. The van der Waals surface area contributed by atoms with Crippen LogP contribution in [0, 0.1) is 0 Å². The van der Waals surface area contributed by atoms with Gasteiger partial charge in [0.15, 0.2) is 0 Å². The van der Waals surface area contributed by atoms with Crippen molar-refractivity contribution in [2.75, 3.05) is 30.9 Å². The second kappa shape index (κ2) is 5.55. The lowest BCUT2D eigenvalue weighted by Crippen LogP contribution is -2.48. The van der Waals surface area contributed by atoms with Gasteiger partial charge in [0.2, 0.25) is 5.91 Å². The Kier molecular flexibility index (Phi) is 4.03.